The minimum Gasteiger partial charge on any atom is -0.493 e. The molecule has 0 bridgehead atoms. The minimum absolute atomic E-state index is 0.123. The number of nitrogens with zero attached hydrogens (tertiary/aromatic N) is 1. The van der Waals surface area contributed by atoms with Crippen molar-refractivity contribution in [1.29, 1.82) is 0 Å². The van der Waals surface area contributed by atoms with Gasteiger partial charge in [0.25, 0.3) is 0 Å². The lowest BCUT2D eigenvalue weighted by atomic mass is 9.69. The number of hydrogen-bond acceptors (Lipinski definition) is 2. The summed E-state index contributed by atoms with van der Waals surface area (Å²) >= 11 is 0. The Morgan fingerprint density at radius 3 is 2.69 bits per heavy atom. The fourth-order valence-corrected chi connectivity index (χ4v) is 4.68. The fourth-order valence-electron chi connectivity index (χ4n) is 4.68. The van der Waals surface area contributed by atoms with Crippen LogP contribution in [0, 0.1) is 23.0 Å². The molecule has 2 nitrogen and oxygen atoms in total. The number of halogens is 2. The maximum Gasteiger partial charge on any atom is 0.162 e. The third-order valence-corrected chi connectivity index (χ3v) is 6.03. The standard InChI is InChI=1S/C22H25F2NO/c23-20-10-9-19(12-21(20)24)26-16-22-11-5-4-8-18(22)14-25(15-22)13-17-6-2-1-3-7-17/h1-3,6-7,9-10,12,18H,4-5,8,11,13-16H2. The van der Waals surface area contributed by atoms with Gasteiger partial charge in [-0.1, -0.05) is 43.2 Å². The Morgan fingerprint density at radius 1 is 1.04 bits per heavy atom. The summed E-state index contributed by atoms with van der Waals surface area (Å²) in [5, 5.41) is 0. The van der Waals surface area contributed by atoms with Crippen molar-refractivity contribution in [3.63, 3.8) is 0 Å². The van der Waals surface area contributed by atoms with Gasteiger partial charge in [0, 0.05) is 31.1 Å². The number of ether oxygens (including phenoxy) is 1. The van der Waals surface area contributed by atoms with E-state index in [2.05, 4.69) is 29.2 Å². The lowest BCUT2D eigenvalue weighted by Crippen LogP contribution is -2.39. The van der Waals surface area contributed by atoms with Gasteiger partial charge in [0.05, 0.1) is 6.61 Å². The molecule has 4 heteroatoms. The van der Waals surface area contributed by atoms with Gasteiger partial charge in [-0.05, 0) is 36.5 Å². The lowest BCUT2D eigenvalue weighted by molar-refractivity contribution is 0.0706. The van der Waals surface area contributed by atoms with E-state index in [4.69, 9.17) is 4.74 Å². The first-order chi connectivity index (χ1) is 12.6. The molecule has 2 fully saturated rings. The highest BCUT2D eigenvalue weighted by Gasteiger charge is 2.48. The highest BCUT2D eigenvalue weighted by molar-refractivity contribution is 5.24. The molecule has 1 heterocycles. The van der Waals surface area contributed by atoms with E-state index < -0.39 is 11.6 Å². The molecule has 1 saturated heterocycles. The van der Waals surface area contributed by atoms with Crippen LogP contribution < -0.4 is 4.74 Å². The highest BCUT2D eigenvalue weighted by atomic mass is 19.2. The van der Waals surface area contributed by atoms with Crippen molar-refractivity contribution < 1.29 is 13.5 Å². The second-order valence-corrected chi connectivity index (χ2v) is 7.82. The summed E-state index contributed by atoms with van der Waals surface area (Å²) in [6.45, 7) is 3.64. The van der Waals surface area contributed by atoms with Crippen molar-refractivity contribution in [2.24, 2.45) is 11.3 Å². The summed E-state index contributed by atoms with van der Waals surface area (Å²) in [7, 11) is 0. The van der Waals surface area contributed by atoms with Crippen molar-refractivity contribution in [2.45, 2.75) is 32.2 Å². The van der Waals surface area contributed by atoms with Crippen molar-refractivity contribution >= 4 is 0 Å². The van der Waals surface area contributed by atoms with E-state index in [-0.39, 0.29) is 5.41 Å². The molecule has 2 unspecified atom stereocenters. The van der Waals surface area contributed by atoms with E-state index in [9.17, 15) is 8.78 Å². The zero-order chi connectivity index (χ0) is 18.0. The van der Waals surface area contributed by atoms with Gasteiger partial charge < -0.3 is 4.74 Å². The largest absolute Gasteiger partial charge is 0.493 e. The van der Waals surface area contributed by atoms with E-state index in [1.54, 1.807) is 0 Å². The topological polar surface area (TPSA) is 12.5 Å². The van der Waals surface area contributed by atoms with Crippen LogP contribution >= 0.6 is 0 Å². The Kier molecular flexibility index (Phi) is 4.94. The smallest absolute Gasteiger partial charge is 0.162 e. The van der Waals surface area contributed by atoms with Crippen LogP contribution in [-0.2, 0) is 6.54 Å². The molecular weight excluding hydrogens is 332 g/mol. The molecule has 0 amide bonds. The SMILES string of the molecule is Fc1ccc(OCC23CCCCC2CN(Cc2ccccc2)C3)cc1F. The third kappa shape index (κ3) is 3.61. The molecule has 2 aromatic rings. The Bertz CT molecular complexity index is 751. The highest BCUT2D eigenvalue weighted by Crippen LogP contribution is 2.47. The number of likely N-dealkylation sites (tertiary alicyclic amines) is 1. The molecule has 26 heavy (non-hydrogen) atoms. The summed E-state index contributed by atoms with van der Waals surface area (Å²) in [5.74, 6) is -0.646. The molecular formula is C22H25F2NO. The molecule has 1 aliphatic heterocycles. The lowest BCUT2D eigenvalue weighted by Gasteiger charge is -2.38. The molecule has 0 spiro atoms. The Hall–Kier alpha value is -1.94. The number of benzene rings is 2. The summed E-state index contributed by atoms with van der Waals surface area (Å²) in [4.78, 5) is 2.53. The summed E-state index contributed by atoms with van der Waals surface area (Å²) in [6.07, 6.45) is 4.87. The van der Waals surface area contributed by atoms with Crippen molar-refractivity contribution in [3.8, 4) is 5.75 Å². The first-order valence-electron chi connectivity index (χ1n) is 9.49. The Morgan fingerprint density at radius 2 is 1.88 bits per heavy atom. The van der Waals surface area contributed by atoms with Crippen molar-refractivity contribution in [3.05, 3.63) is 65.7 Å². The molecule has 1 aliphatic carbocycles. The Balaban J connectivity index is 1.45. The van der Waals surface area contributed by atoms with Gasteiger partial charge in [-0.15, -0.1) is 0 Å². The zero-order valence-corrected chi connectivity index (χ0v) is 15.0. The zero-order valence-electron chi connectivity index (χ0n) is 15.0. The maximum atomic E-state index is 13.5. The fraction of sp³-hybridized carbons (Fsp3) is 0.455. The molecule has 1 saturated carbocycles. The quantitative estimate of drug-likeness (QED) is 0.744. The maximum absolute atomic E-state index is 13.5. The normalized spacial score (nSPS) is 25.8. The monoisotopic (exact) mass is 357 g/mol. The molecule has 0 aromatic heterocycles. The van der Waals surface area contributed by atoms with Gasteiger partial charge in [0.1, 0.15) is 5.75 Å². The van der Waals surface area contributed by atoms with Crippen LogP contribution in [0.25, 0.3) is 0 Å². The van der Waals surface area contributed by atoms with Crippen LogP contribution in [0.15, 0.2) is 48.5 Å². The van der Waals surface area contributed by atoms with Gasteiger partial charge in [-0.25, -0.2) is 8.78 Å². The van der Waals surface area contributed by atoms with Crippen molar-refractivity contribution in [1.82, 2.24) is 4.90 Å². The van der Waals surface area contributed by atoms with Gasteiger partial charge in [-0.2, -0.15) is 0 Å². The number of fused-ring (bicyclic) bond motifs is 1. The molecule has 4 rings (SSSR count). The second-order valence-electron chi connectivity index (χ2n) is 7.82. The summed E-state index contributed by atoms with van der Waals surface area (Å²) in [5.41, 5.74) is 1.46. The van der Waals surface area contributed by atoms with Crippen LogP contribution in [0.4, 0.5) is 8.78 Å². The van der Waals surface area contributed by atoms with E-state index >= 15 is 0 Å². The Labute approximate surface area is 153 Å². The van der Waals surface area contributed by atoms with Crippen LogP contribution in [-0.4, -0.2) is 24.6 Å². The molecule has 0 N–H and O–H groups in total. The molecule has 138 valence electrons. The van der Waals surface area contributed by atoms with E-state index in [1.165, 1.54) is 30.9 Å². The first kappa shape index (κ1) is 17.5. The van der Waals surface area contributed by atoms with Crippen LogP contribution in [0.3, 0.4) is 0 Å². The average Bonchev–Trinajstić information content (AvgIpc) is 3.02. The van der Waals surface area contributed by atoms with Crippen LogP contribution in [0.5, 0.6) is 5.75 Å². The first-order valence-corrected chi connectivity index (χ1v) is 9.49. The molecule has 2 aromatic carbocycles. The van der Waals surface area contributed by atoms with E-state index in [0.717, 1.165) is 38.2 Å². The number of rotatable bonds is 5. The summed E-state index contributed by atoms with van der Waals surface area (Å²) < 4.78 is 32.5. The third-order valence-electron chi connectivity index (χ3n) is 6.03. The average molecular weight is 357 g/mol. The van der Waals surface area contributed by atoms with E-state index in [0.29, 0.717) is 18.3 Å². The van der Waals surface area contributed by atoms with E-state index in [1.807, 2.05) is 6.07 Å². The van der Waals surface area contributed by atoms with Gasteiger partial charge in [-0.3, -0.25) is 4.90 Å². The van der Waals surface area contributed by atoms with Crippen LogP contribution in [0.2, 0.25) is 0 Å². The van der Waals surface area contributed by atoms with Crippen molar-refractivity contribution in [2.75, 3.05) is 19.7 Å². The van der Waals surface area contributed by atoms with Crippen LogP contribution in [0.1, 0.15) is 31.2 Å². The predicted molar refractivity (Wildman–Crippen MR) is 98.0 cm³/mol. The molecule has 2 aliphatic rings. The van der Waals surface area contributed by atoms with Gasteiger partial charge in [0.15, 0.2) is 11.6 Å². The predicted octanol–water partition coefficient (Wildman–Crippen LogP) is 5.04. The molecule has 0 radical (unpaired) electrons. The number of hydrogen-bond donors (Lipinski definition) is 0. The second kappa shape index (κ2) is 7.36. The molecule has 2 atom stereocenters. The summed E-state index contributed by atoms with van der Waals surface area (Å²) in [6, 6.07) is 14.4. The minimum atomic E-state index is -0.850. The van der Waals surface area contributed by atoms with Gasteiger partial charge in [0.2, 0.25) is 0 Å². The van der Waals surface area contributed by atoms with Gasteiger partial charge >= 0.3 is 0 Å².